The van der Waals surface area contributed by atoms with E-state index in [1.807, 2.05) is 24.3 Å². The molecule has 1 amide bonds. The van der Waals surface area contributed by atoms with E-state index in [4.69, 9.17) is 11.6 Å². The maximum Gasteiger partial charge on any atom is 0.220 e. The Morgan fingerprint density at radius 2 is 1.96 bits per heavy atom. The van der Waals surface area contributed by atoms with E-state index in [0.29, 0.717) is 12.3 Å². The standard InChI is InChI=1S/C21H24ClIN2O2/c22-17-5-1-14(16(11-17)12-23)4-10-21(27)25-18-6-2-15(3-7-18)20-9-8-19(26)13-24-20/h1,5,8-9,11,13,15,18,26H,2-4,6-7,10,12H2,(H,25,27). The number of carbonyl (C=O) groups excluding carboxylic acids is 1. The van der Waals surface area contributed by atoms with Gasteiger partial charge < -0.3 is 10.4 Å². The maximum absolute atomic E-state index is 12.4. The van der Waals surface area contributed by atoms with Gasteiger partial charge in [-0.15, -0.1) is 0 Å². The van der Waals surface area contributed by atoms with E-state index in [1.54, 1.807) is 6.07 Å². The summed E-state index contributed by atoms with van der Waals surface area (Å²) in [7, 11) is 0. The van der Waals surface area contributed by atoms with Crippen molar-refractivity contribution in [3.63, 3.8) is 0 Å². The van der Waals surface area contributed by atoms with Crippen molar-refractivity contribution < 1.29 is 9.90 Å². The number of carbonyl (C=O) groups is 1. The smallest absolute Gasteiger partial charge is 0.220 e. The monoisotopic (exact) mass is 498 g/mol. The van der Waals surface area contributed by atoms with E-state index in [2.05, 4.69) is 32.9 Å². The van der Waals surface area contributed by atoms with Crippen LogP contribution in [0.4, 0.5) is 0 Å². The van der Waals surface area contributed by atoms with Crippen LogP contribution in [0.5, 0.6) is 5.75 Å². The van der Waals surface area contributed by atoms with Gasteiger partial charge in [0.1, 0.15) is 5.75 Å². The highest BCUT2D eigenvalue weighted by molar-refractivity contribution is 14.1. The van der Waals surface area contributed by atoms with Crippen LogP contribution >= 0.6 is 34.2 Å². The molecule has 0 atom stereocenters. The Balaban J connectivity index is 1.45. The van der Waals surface area contributed by atoms with Gasteiger partial charge in [-0.1, -0.05) is 40.3 Å². The van der Waals surface area contributed by atoms with Gasteiger partial charge in [-0.05, 0) is 67.5 Å². The van der Waals surface area contributed by atoms with Crippen molar-refractivity contribution in [3.8, 4) is 5.75 Å². The van der Waals surface area contributed by atoms with Crippen LogP contribution in [0.1, 0.15) is 54.8 Å². The van der Waals surface area contributed by atoms with Crippen LogP contribution in [-0.4, -0.2) is 22.0 Å². The fourth-order valence-electron chi connectivity index (χ4n) is 3.68. The summed E-state index contributed by atoms with van der Waals surface area (Å²) < 4.78 is 0.893. The molecule has 1 heterocycles. The number of rotatable bonds is 6. The van der Waals surface area contributed by atoms with E-state index in [-0.39, 0.29) is 17.7 Å². The molecule has 3 rings (SSSR count). The number of hydrogen-bond donors (Lipinski definition) is 2. The number of nitrogens with one attached hydrogen (secondary N) is 1. The summed E-state index contributed by atoms with van der Waals surface area (Å²) in [6, 6.07) is 9.75. The Hall–Kier alpha value is -1.34. The molecule has 27 heavy (non-hydrogen) atoms. The number of nitrogens with zero attached hydrogens (tertiary/aromatic N) is 1. The van der Waals surface area contributed by atoms with Gasteiger partial charge in [0.2, 0.25) is 5.91 Å². The largest absolute Gasteiger partial charge is 0.506 e. The maximum atomic E-state index is 12.4. The molecule has 0 bridgehead atoms. The Morgan fingerprint density at radius 3 is 2.63 bits per heavy atom. The van der Waals surface area contributed by atoms with Crippen molar-refractivity contribution >= 4 is 40.1 Å². The van der Waals surface area contributed by atoms with Crippen molar-refractivity contribution in [2.75, 3.05) is 0 Å². The lowest BCUT2D eigenvalue weighted by molar-refractivity contribution is -0.122. The molecule has 0 aliphatic heterocycles. The molecule has 144 valence electrons. The highest BCUT2D eigenvalue weighted by Crippen LogP contribution is 2.32. The van der Waals surface area contributed by atoms with E-state index in [1.165, 1.54) is 17.3 Å². The summed E-state index contributed by atoms with van der Waals surface area (Å²) in [5.41, 5.74) is 3.44. The third kappa shape index (κ3) is 5.82. The predicted molar refractivity (Wildman–Crippen MR) is 117 cm³/mol. The topological polar surface area (TPSA) is 62.2 Å². The van der Waals surface area contributed by atoms with Crippen LogP contribution in [-0.2, 0) is 15.6 Å². The van der Waals surface area contributed by atoms with Crippen molar-refractivity contribution in [2.45, 2.75) is 54.9 Å². The van der Waals surface area contributed by atoms with Gasteiger partial charge in [0.15, 0.2) is 0 Å². The van der Waals surface area contributed by atoms with Crippen molar-refractivity contribution in [3.05, 3.63) is 58.4 Å². The number of pyridine rings is 1. The van der Waals surface area contributed by atoms with E-state index < -0.39 is 0 Å². The van der Waals surface area contributed by atoms with Gasteiger partial charge in [0.05, 0.1) is 6.20 Å². The highest BCUT2D eigenvalue weighted by Gasteiger charge is 2.24. The number of aromatic nitrogens is 1. The number of hydrogen-bond acceptors (Lipinski definition) is 3. The molecule has 2 N–H and O–H groups in total. The summed E-state index contributed by atoms with van der Waals surface area (Å²) in [6.07, 6.45) is 6.72. The Kier molecular flexibility index (Phi) is 7.35. The summed E-state index contributed by atoms with van der Waals surface area (Å²) in [5.74, 6) is 0.737. The quantitative estimate of drug-likeness (QED) is 0.428. The Bertz CT molecular complexity index is 774. The van der Waals surface area contributed by atoms with Crippen LogP contribution in [0.3, 0.4) is 0 Å². The minimum Gasteiger partial charge on any atom is -0.506 e. The second-order valence-electron chi connectivity index (χ2n) is 7.10. The number of amides is 1. The molecule has 0 saturated heterocycles. The van der Waals surface area contributed by atoms with Gasteiger partial charge in [0.25, 0.3) is 0 Å². The molecule has 4 nitrogen and oxygen atoms in total. The number of halogens is 2. The van der Waals surface area contributed by atoms with Crippen LogP contribution < -0.4 is 5.32 Å². The molecule has 1 saturated carbocycles. The molecule has 1 aliphatic carbocycles. The lowest BCUT2D eigenvalue weighted by atomic mass is 9.84. The molecule has 2 aromatic rings. The zero-order valence-corrected chi connectivity index (χ0v) is 18.0. The van der Waals surface area contributed by atoms with Gasteiger partial charge in [-0.3, -0.25) is 9.78 Å². The second-order valence-corrected chi connectivity index (χ2v) is 8.30. The molecule has 1 fully saturated rings. The molecular formula is C21H24ClIN2O2. The molecule has 0 radical (unpaired) electrons. The lowest BCUT2D eigenvalue weighted by Crippen LogP contribution is -2.37. The van der Waals surface area contributed by atoms with Gasteiger partial charge in [-0.2, -0.15) is 0 Å². The van der Waals surface area contributed by atoms with Crippen molar-refractivity contribution in [2.24, 2.45) is 0 Å². The predicted octanol–water partition coefficient (Wildman–Crippen LogP) is 5.15. The SMILES string of the molecule is O=C(CCc1ccc(Cl)cc1CI)NC1CCC(c2ccc(O)cn2)CC1. The Morgan fingerprint density at radius 1 is 1.19 bits per heavy atom. The molecule has 0 spiro atoms. The van der Waals surface area contributed by atoms with Crippen molar-refractivity contribution in [1.29, 1.82) is 0 Å². The third-order valence-electron chi connectivity index (χ3n) is 5.21. The zero-order chi connectivity index (χ0) is 19.2. The molecule has 1 aliphatic rings. The number of aromatic hydroxyl groups is 1. The summed E-state index contributed by atoms with van der Waals surface area (Å²) in [4.78, 5) is 16.7. The average Bonchev–Trinajstić information content (AvgIpc) is 2.68. The Labute approximate surface area is 178 Å². The zero-order valence-electron chi connectivity index (χ0n) is 15.1. The van der Waals surface area contributed by atoms with E-state index >= 15 is 0 Å². The van der Waals surface area contributed by atoms with Crippen molar-refractivity contribution in [1.82, 2.24) is 10.3 Å². The fraction of sp³-hybridized carbons (Fsp3) is 0.429. The first-order chi connectivity index (χ1) is 13.0. The number of aryl methyl sites for hydroxylation is 1. The van der Waals surface area contributed by atoms with Gasteiger partial charge >= 0.3 is 0 Å². The molecule has 1 aromatic heterocycles. The molecule has 0 unspecified atom stereocenters. The summed E-state index contributed by atoms with van der Waals surface area (Å²) in [6.45, 7) is 0. The number of alkyl halides is 1. The third-order valence-corrected chi connectivity index (χ3v) is 6.27. The first-order valence-corrected chi connectivity index (χ1v) is 11.2. The van der Waals surface area contributed by atoms with E-state index in [9.17, 15) is 9.90 Å². The highest BCUT2D eigenvalue weighted by atomic mass is 127. The normalized spacial score (nSPS) is 19.6. The van der Waals surface area contributed by atoms with Crippen LogP contribution in [0, 0.1) is 0 Å². The fourth-order valence-corrected chi connectivity index (χ4v) is 4.59. The molecule has 1 aromatic carbocycles. The first kappa shape index (κ1) is 20.4. The summed E-state index contributed by atoms with van der Waals surface area (Å²) >= 11 is 8.38. The van der Waals surface area contributed by atoms with Crippen LogP contribution in [0.2, 0.25) is 5.02 Å². The lowest BCUT2D eigenvalue weighted by Gasteiger charge is -2.28. The van der Waals surface area contributed by atoms with E-state index in [0.717, 1.165) is 47.2 Å². The number of benzene rings is 1. The van der Waals surface area contributed by atoms with Crippen LogP contribution in [0.25, 0.3) is 0 Å². The summed E-state index contributed by atoms with van der Waals surface area (Å²) in [5, 5.41) is 13.3. The molecular weight excluding hydrogens is 475 g/mol. The minimum atomic E-state index is 0.121. The minimum absolute atomic E-state index is 0.121. The van der Waals surface area contributed by atoms with Gasteiger partial charge in [-0.25, -0.2) is 0 Å². The molecule has 6 heteroatoms. The second kappa shape index (κ2) is 9.73. The van der Waals surface area contributed by atoms with Gasteiger partial charge in [0, 0.05) is 33.5 Å². The van der Waals surface area contributed by atoms with Crippen LogP contribution in [0.15, 0.2) is 36.5 Å². The average molecular weight is 499 g/mol. The first-order valence-electron chi connectivity index (χ1n) is 9.32.